The molecule has 4 nitrogen and oxygen atoms in total. The van der Waals surface area contributed by atoms with Gasteiger partial charge in [-0.25, -0.2) is 0 Å². The molecule has 0 rings (SSSR count). The van der Waals surface area contributed by atoms with Crippen molar-refractivity contribution in [2.24, 2.45) is 0 Å². The summed E-state index contributed by atoms with van der Waals surface area (Å²) >= 11 is 0. The van der Waals surface area contributed by atoms with E-state index < -0.39 is 8.80 Å². The van der Waals surface area contributed by atoms with Crippen LogP contribution in [0.2, 0.25) is 6.04 Å². The third kappa shape index (κ3) is 24.6. The summed E-state index contributed by atoms with van der Waals surface area (Å²) in [6, 6.07) is 0.916. The monoisotopic (exact) mass is 593 g/mol. The molecule has 39 heavy (non-hydrogen) atoms. The Morgan fingerprint density at radius 2 is 0.667 bits per heavy atom. The average Bonchev–Trinajstić information content (AvgIpc) is 2.93. The van der Waals surface area contributed by atoms with Crippen molar-refractivity contribution in [2.75, 3.05) is 48.0 Å². The summed E-state index contributed by atoms with van der Waals surface area (Å²) in [5.41, 5.74) is 0. The van der Waals surface area contributed by atoms with Gasteiger partial charge >= 0.3 is 8.80 Å². The smallest absolute Gasteiger partial charge is 0.500 e. The van der Waals surface area contributed by atoms with Crippen LogP contribution in [0, 0.1) is 0 Å². The highest BCUT2D eigenvalue weighted by Gasteiger charge is 2.38. The van der Waals surface area contributed by atoms with Gasteiger partial charge in [0.15, 0.2) is 0 Å². The number of halogens is 1. The highest BCUT2D eigenvalue weighted by Crippen LogP contribution is 2.20. The normalized spacial score (nSPS) is 13.4. The Labute approximate surface area is 254 Å². The maximum Gasteiger partial charge on any atom is 0.500 e. The summed E-state index contributed by atoms with van der Waals surface area (Å²) in [7, 11) is 5.24. The number of nitrogens with zero attached hydrogens (tertiary/aromatic N) is 1. The molecule has 1 atom stereocenters. The van der Waals surface area contributed by atoms with Gasteiger partial charge in [0.2, 0.25) is 0 Å². The fraction of sp³-hybridized carbons (Fsp3) is 1.00. The van der Waals surface area contributed by atoms with E-state index in [1.807, 2.05) is 0 Å². The van der Waals surface area contributed by atoms with Gasteiger partial charge in [0, 0.05) is 33.8 Å². The summed E-state index contributed by atoms with van der Waals surface area (Å²) in [4.78, 5) is 0. The molecule has 1 unspecified atom stereocenters. The van der Waals surface area contributed by atoms with E-state index in [9.17, 15) is 0 Å². The van der Waals surface area contributed by atoms with Crippen LogP contribution < -0.4 is 12.4 Å². The third-order valence-electron chi connectivity index (χ3n) is 8.72. The molecule has 0 aromatic carbocycles. The quantitative estimate of drug-likeness (QED) is 0.0478. The Kier molecular flexibility index (Phi) is 31.7. The van der Waals surface area contributed by atoms with Crippen molar-refractivity contribution in [3.63, 3.8) is 0 Å². The van der Waals surface area contributed by atoms with Gasteiger partial charge in [-0.05, 0) is 25.7 Å². The highest BCUT2D eigenvalue weighted by atomic mass is 35.5. The summed E-state index contributed by atoms with van der Waals surface area (Å²) in [5.74, 6) is 0. The predicted octanol–water partition coefficient (Wildman–Crippen LogP) is 7.33. The molecule has 0 saturated carbocycles. The van der Waals surface area contributed by atoms with Crippen LogP contribution in [0.4, 0.5) is 0 Å². The van der Waals surface area contributed by atoms with Gasteiger partial charge in [0.25, 0.3) is 0 Å². The third-order valence-corrected chi connectivity index (χ3v) is 11.5. The fourth-order valence-corrected chi connectivity index (χ4v) is 7.59. The summed E-state index contributed by atoms with van der Waals surface area (Å²) in [5, 5.41) is 0. The zero-order valence-electron chi connectivity index (χ0n) is 27.6. The minimum atomic E-state index is -2.46. The molecule has 0 aliphatic heterocycles. The molecule has 0 N–H and O–H groups in total. The van der Waals surface area contributed by atoms with Crippen molar-refractivity contribution in [1.29, 1.82) is 0 Å². The molecule has 0 aliphatic carbocycles. The standard InChI is InChI=1S/C33H72NO3Si.ClH/c1-7-9-11-13-15-16-17-18-19-20-21-22-23-24-26-28-31-34(3,30-27-25-14-12-10-8-2)32-29-33-38(35-4,36-5)37-6;/h7-33H2,1-6H3;1H/q+1;/p-1. The molecule has 238 valence electrons. The Balaban J connectivity index is 0. The highest BCUT2D eigenvalue weighted by molar-refractivity contribution is 6.60. The fourth-order valence-electron chi connectivity index (χ4n) is 5.88. The lowest BCUT2D eigenvalue weighted by Gasteiger charge is -2.36. The van der Waals surface area contributed by atoms with Gasteiger partial charge in [0.1, 0.15) is 0 Å². The van der Waals surface area contributed by atoms with Gasteiger partial charge in [-0.2, -0.15) is 0 Å². The van der Waals surface area contributed by atoms with Crippen LogP contribution in [0.1, 0.15) is 162 Å². The number of rotatable bonds is 31. The second kappa shape index (κ2) is 29.8. The molecule has 0 amide bonds. The van der Waals surface area contributed by atoms with Crippen LogP contribution >= 0.6 is 0 Å². The molecule has 0 heterocycles. The molecule has 0 radical (unpaired) electrons. The topological polar surface area (TPSA) is 27.7 Å². The van der Waals surface area contributed by atoms with E-state index in [1.165, 1.54) is 165 Å². The lowest BCUT2D eigenvalue weighted by molar-refractivity contribution is -0.910. The first-order valence-corrected chi connectivity index (χ1v) is 18.9. The summed E-state index contributed by atoms with van der Waals surface area (Å²) in [6.07, 6.45) is 32.4. The first-order chi connectivity index (χ1) is 18.5. The van der Waals surface area contributed by atoms with Gasteiger partial charge in [-0.1, -0.05) is 129 Å². The first-order valence-electron chi connectivity index (χ1n) is 17.0. The molecule has 0 aromatic heterocycles. The number of hydrogen-bond donors (Lipinski definition) is 0. The van der Waals surface area contributed by atoms with E-state index in [4.69, 9.17) is 13.3 Å². The minimum Gasteiger partial charge on any atom is -1.00 e. The lowest BCUT2D eigenvalue weighted by Crippen LogP contribution is -3.00. The van der Waals surface area contributed by atoms with Crippen molar-refractivity contribution < 1.29 is 30.2 Å². The molecule has 0 fully saturated rings. The zero-order valence-corrected chi connectivity index (χ0v) is 29.4. The van der Waals surface area contributed by atoms with Crippen LogP contribution in [0.15, 0.2) is 0 Å². The minimum absolute atomic E-state index is 0. The molecule has 0 aromatic rings. The average molecular weight is 594 g/mol. The SMILES string of the molecule is CCCCCCCCCCCCCCCCCC[N+](C)(CCCCCCCC)CCC[Si](OC)(OC)OC.[Cl-]. The van der Waals surface area contributed by atoms with E-state index in [1.54, 1.807) is 21.3 Å². The molecule has 0 saturated heterocycles. The second-order valence-electron chi connectivity index (χ2n) is 12.3. The van der Waals surface area contributed by atoms with Crippen LogP contribution in [-0.2, 0) is 13.3 Å². The van der Waals surface area contributed by atoms with Gasteiger partial charge < -0.3 is 30.2 Å². The van der Waals surface area contributed by atoms with Crippen LogP contribution in [-0.4, -0.2) is 61.3 Å². The van der Waals surface area contributed by atoms with E-state index in [0.717, 1.165) is 12.5 Å². The van der Waals surface area contributed by atoms with Crippen molar-refractivity contribution in [3.8, 4) is 0 Å². The second-order valence-corrected chi connectivity index (χ2v) is 15.4. The predicted molar refractivity (Wildman–Crippen MR) is 170 cm³/mol. The molecule has 0 spiro atoms. The number of hydrogen-bond acceptors (Lipinski definition) is 3. The van der Waals surface area contributed by atoms with Crippen LogP contribution in [0.5, 0.6) is 0 Å². The van der Waals surface area contributed by atoms with Crippen molar-refractivity contribution in [3.05, 3.63) is 0 Å². The number of unbranched alkanes of at least 4 members (excludes halogenated alkanes) is 20. The lowest BCUT2D eigenvalue weighted by atomic mass is 10.0. The Morgan fingerprint density at radius 1 is 0.410 bits per heavy atom. The van der Waals surface area contributed by atoms with E-state index in [2.05, 4.69) is 20.9 Å². The Hall–Kier alpha value is 0.347. The van der Waals surface area contributed by atoms with E-state index in [-0.39, 0.29) is 12.4 Å². The number of quaternary nitrogens is 1. The van der Waals surface area contributed by atoms with E-state index in [0.29, 0.717) is 0 Å². The first kappa shape index (κ1) is 41.5. The molecular weight excluding hydrogens is 522 g/mol. The molecular formula is C33H72ClNO3Si. The molecule has 6 heteroatoms. The zero-order chi connectivity index (χ0) is 28.2. The van der Waals surface area contributed by atoms with Crippen molar-refractivity contribution in [2.45, 2.75) is 168 Å². The molecule has 0 aliphatic rings. The van der Waals surface area contributed by atoms with Crippen molar-refractivity contribution >= 4 is 8.80 Å². The van der Waals surface area contributed by atoms with Crippen molar-refractivity contribution in [1.82, 2.24) is 0 Å². The summed E-state index contributed by atoms with van der Waals surface area (Å²) < 4.78 is 18.2. The largest absolute Gasteiger partial charge is 1.00 e. The Bertz CT molecular complexity index is 474. The Morgan fingerprint density at radius 3 is 0.949 bits per heavy atom. The summed E-state index contributed by atoms with van der Waals surface area (Å²) in [6.45, 7) is 8.44. The maximum absolute atomic E-state index is 5.67. The molecule has 0 bridgehead atoms. The maximum atomic E-state index is 5.67. The van der Waals surface area contributed by atoms with E-state index >= 15 is 0 Å². The van der Waals surface area contributed by atoms with Gasteiger partial charge in [-0.15, -0.1) is 0 Å². The van der Waals surface area contributed by atoms with Gasteiger partial charge in [0.05, 0.1) is 26.7 Å². The van der Waals surface area contributed by atoms with Gasteiger partial charge in [-0.3, -0.25) is 0 Å². The van der Waals surface area contributed by atoms with Crippen LogP contribution in [0.25, 0.3) is 0 Å². The van der Waals surface area contributed by atoms with Crippen LogP contribution in [0.3, 0.4) is 0 Å².